The molecule has 0 aromatic carbocycles. The summed E-state index contributed by atoms with van der Waals surface area (Å²) in [7, 11) is 2.24. The lowest BCUT2D eigenvalue weighted by atomic mass is 9.90. The van der Waals surface area contributed by atoms with Crippen molar-refractivity contribution in [2.24, 2.45) is 0 Å². The molecule has 0 radical (unpaired) electrons. The van der Waals surface area contributed by atoms with Crippen LogP contribution in [0, 0.1) is 0 Å². The summed E-state index contributed by atoms with van der Waals surface area (Å²) in [4.78, 5) is 2.50. The van der Waals surface area contributed by atoms with Crippen LogP contribution in [0.2, 0.25) is 0 Å². The van der Waals surface area contributed by atoms with Gasteiger partial charge in [-0.15, -0.1) is 0 Å². The zero-order valence-electron chi connectivity index (χ0n) is 9.49. The first-order valence-electron chi connectivity index (χ1n) is 5.72. The van der Waals surface area contributed by atoms with E-state index in [4.69, 9.17) is 4.74 Å². The molecule has 2 aliphatic heterocycles. The molecule has 0 saturated carbocycles. The van der Waals surface area contributed by atoms with Crippen LogP contribution < -0.4 is 5.32 Å². The third-order valence-corrected chi connectivity index (χ3v) is 3.45. The van der Waals surface area contributed by atoms with E-state index in [-0.39, 0.29) is 0 Å². The van der Waals surface area contributed by atoms with Crippen LogP contribution in [0.25, 0.3) is 0 Å². The number of nitrogens with zero attached hydrogens (tertiary/aromatic N) is 1. The number of fused-ring (bicyclic) bond motifs is 2. The van der Waals surface area contributed by atoms with Crippen molar-refractivity contribution >= 4 is 0 Å². The van der Waals surface area contributed by atoms with E-state index < -0.39 is 0 Å². The number of rotatable bonds is 2. The molecule has 1 N–H and O–H groups in total. The molecule has 2 rings (SSSR count). The fourth-order valence-corrected chi connectivity index (χ4v) is 2.70. The van der Waals surface area contributed by atoms with E-state index in [9.17, 15) is 0 Å². The van der Waals surface area contributed by atoms with Gasteiger partial charge in [-0.25, -0.2) is 0 Å². The highest BCUT2D eigenvalue weighted by molar-refractivity contribution is 4.93. The van der Waals surface area contributed by atoms with Gasteiger partial charge < -0.3 is 10.1 Å². The predicted molar refractivity (Wildman–Crippen MR) is 57.5 cm³/mol. The van der Waals surface area contributed by atoms with Gasteiger partial charge in [0.15, 0.2) is 0 Å². The topological polar surface area (TPSA) is 24.5 Å². The van der Waals surface area contributed by atoms with Crippen LogP contribution in [-0.2, 0) is 4.74 Å². The predicted octanol–water partition coefficient (Wildman–Crippen LogP) is 0.846. The molecule has 0 amide bonds. The van der Waals surface area contributed by atoms with E-state index in [0.29, 0.717) is 24.2 Å². The lowest BCUT2D eigenvalue weighted by Crippen LogP contribution is -2.59. The Kier molecular flexibility index (Phi) is 3.10. The molecular formula is C11H22N2O. The molecule has 0 aromatic rings. The van der Waals surface area contributed by atoms with Crippen molar-refractivity contribution < 1.29 is 4.74 Å². The first-order valence-corrected chi connectivity index (χ1v) is 5.72. The molecule has 82 valence electrons. The Morgan fingerprint density at radius 3 is 2.29 bits per heavy atom. The molecular weight excluding hydrogens is 176 g/mol. The lowest BCUT2D eigenvalue weighted by Gasteiger charge is -2.47. The molecule has 0 spiro atoms. The zero-order chi connectivity index (χ0) is 10.1. The Labute approximate surface area is 86.8 Å². The highest BCUT2D eigenvalue weighted by atomic mass is 16.5. The van der Waals surface area contributed by atoms with E-state index in [2.05, 4.69) is 31.1 Å². The van der Waals surface area contributed by atoms with Crippen LogP contribution in [0.4, 0.5) is 0 Å². The van der Waals surface area contributed by atoms with Crippen LogP contribution in [-0.4, -0.2) is 49.3 Å². The standard InChI is InChI=1S/C11H22N2O/c1-8(2)12-9-4-10-6-14-7-11(5-9)13(10)3/h8-12H,4-7H2,1-3H3. The average Bonchev–Trinajstić information content (AvgIpc) is 2.05. The molecule has 2 bridgehead atoms. The summed E-state index contributed by atoms with van der Waals surface area (Å²) >= 11 is 0. The quantitative estimate of drug-likeness (QED) is 0.712. The Hall–Kier alpha value is -0.120. The van der Waals surface area contributed by atoms with Crippen molar-refractivity contribution in [2.75, 3.05) is 20.3 Å². The smallest absolute Gasteiger partial charge is 0.0623 e. The highest BCUT2D eigenvalue weighted by Crippen LogP contribution is 2.26. The van der Waals surface area contributed by atoms with E-state index in [0.717, 1.165) is 13.2 Å². The van der Waals surface area contributed by atoms with Crippen molar-refractivity contribution in [3.8, 4) is 0 Å². The molecule has 2 heterocycles. The summed E-state index contributed by atoms with van der Waals surface area (Å²) in [6, 6.07) is 2.58. The van der Waals surface area contributed by atoms with Crippen molar-refractivity contribution in [3.63, 3.8) is 0 Å². The van der Waals surface area contributed by atoms with Crippen LogP contribution in [0.15, 0.2) is 0 Å². The minimum atomic E-state index is 0.602. The molecule has 2 aliphatic rings. The van der Waals surface area contributed by atoms with Crippen molar-refractivity contribution in [1.82, 2.24) is 10.2 Å². The van der Waals surface area contributed by atoms with Gasteiger partial charge in [0, 0.05) is 24.2 Å². The molecule has 3 heteroatoms. The van der Waals surface area contributed by atoms with Gasteiger partial charge in [-0.1, -0.05) is 13.8 Å². The van der Waals surface area contributed by atoms with Gasteiger partial charge in [0.05, 0.1) is 13.2 Å². The largest absolute Gasteiger partial charge is 0.378 e. The van der Waals surface area contributed by atoms with Gasteiger partial charge >= 0.3 is 0 Å². The summed E-state index contributed by atoms with van der Waals surface area (Å²) in [5, 5.41) is 3.65. The fourth-order valence-electron chi connectivity index (χ4n) is 2.70. The van der Waals surface area contributed by atoms with Crippen molar-refractivity contribution in [1.29, 1.82) is 0 Å². The minimum absolute atomic E-state index is 0.602. The Morgan fingerprint density at radius 2 is 1.79 bits per heavy atom. The molecule has 2 unspecified atom stereocenters. The SMILES string of the molecule is CC(C)NC1CC2COCC(C1)N2C. The van der Waals surface area contributed by atoms with Crippen LogP contribution in [0.3, 0.4) is 0 Å². The van der Waals surface area contributed by atoms with Crippen molar-refractivity contribution in [3.05, 3.63) is 0 Å². The molecule has 2 fully saturated rings. The number of ether oxygens (including phenoxy) is 1. The molecule has 2 atom stereocenters. The fraction of sp³-hybridized carbons (Fsp3) is 1.00. The number of likely N-dealkylation sites (N-methyl/N-ethyl adjacent to an activating group) is 1. The summed E-state index contributed by atoms with van der Waals surface area (Å²) < 4.78 is 5.59. The highest BCUT2D eigenvalue weighted by Gasteiger charge is 2.36. The molecule has 0 aromatic heterocycles. The second-order valence-electron chi connectivity index (χ2n) is 5.00. The van der Waals surface area contributed by atoms with Gasteiger partial charge in [0.25, 0.3) is 0 Å². The normalized spacial score (nSPS) is 39.0. The Morgan fingerprint density at radius 1 is 1.21 bits per heavy atom. The first kappa shape index (κ1) is 10.4. The van der Waals surface area contributed by atoms with E-state index in [1.807, 2.05) is 0 Å². The molecule has 3 nitrogen and oxygen atoms in total. The maximum absolute atomic E-state index is 5.59. The van der Waals surface area contributed by atoms with Gasteiger partial charge in [-0.2, -0.15) is 0 Å². The first-order chi connectivity index (χ1) is 6.66. The maximum Gasteiger partial charge on any atom is 0.0623 e. The van der Waals surface area contributed by atoms with Gasteiger partial charge in [-0.05, 0) is 19.9 Å². The van der Waals surface area contributed by atoms with E-state index >= 15 is 0 Å². The summed E-state index contributed by atoms with van der Waals surface area (Å²) in [5.74, 6) is 0. The van der Waals surface area contributed by atoms with Gasteiger partial charge in [0.1, 0.15) is 0 Å². The zero-order valence-corrected chi connectivity index (χ0v) is 9.49. The third kappa shape index (κ3) is 2.10. The minimum Gasteiger partial charge on any atom is -0.378 e. The number of hydrogen-bond acceptors (Lipinski definition) is 3. The number of morpholine rings is 1. The lowest BCUT2D eigenvalue weighted by molar-refractivity contribution is -0.0685. The Balaban J connectivity index is 1.93. The number of piperidine rings is 1. The van der Waals surface area contributed by atoms with E-state index in [1.165, 1.54) is 12.8 Å². The van der Waals surface area contributed by atoms with Crippen LogP contribution in [0.1, 0.15) is 26.7 Å². The summed E-state index contributed by atoms with van der Waals surface area (Å²) in [5.41, 5.74) is 0. The maximum atomic E-state index is 5.59. The van der Waals surface area contributed by atoms with Gasteiger partial charge in [0.2, 0.25) is 0 Å². The second-order valence-corrected chi connectivity index (χ2v) is 5.00. The average molecular weight is 198 g/mol. The Bertz CT molecular complexity index is 182. The van der Waals surface area contributed by atoms with Crippen LogP contribution in [0.5, 0.6) is 0 Å². The molecule has 0 aliphatic carbocycles. The summed E-state index contributed by atoms with van der Waals surface area (Å²) in [6.45, 7) is 6.29. The number of nitrogens with one attached hydrogen (secondary N) is 1. The van der Waals surface area contributed by atoms with Gasteiger partial charge in [-0.3, -0.25) is 4.90 Å². The van der Waals surface area contributed by atoms with E-state index in [1.54, 1.807) is 0 Å². The van der Waals surface area contributed by atoms with Crippen LogP contribution >= 0.6 is 0 Å². The summed E-state index contributed by atoms with van der Waals surface area (Å²) in [6.07, 6.45) is 2.48. The number of hydrogen-bond donors (Lipinski definition) is 1. The third-order valence-electron chi connectivity index (χ3n) is 3.45. The van der Waals surface area contributed by atoms with Crippen molar-refractivity contribution in [2.45, 2.75) is 50.9 Å². The monoisotopic (exact) mass is 198 g/mol. The second kappa shape index (κ2) is 4.17. The molecule has 14 heavy (non-hydrogen) atoms. The molecule has 2 saturated heterocycles.